The molecule has 1 aliphatic carbocycles. The molecule has 0 amide bonds. The summed E-state index contributed by atoms with van der Waals surface area (Å²) in [5.74, 6) is 0.887. The minimum absolute atomic E-state index is 0.305. The van der Waals surface area contributed by atoms with Crippen molar-refractivity contribution in [1.82, 2.24) is 10.2 Å². The van der Waals surface area contributed by atoms with Crippen LogP contribution in [0.15, 0.2) is 0 Å². The van der Waals surface area contributed by atoms with Gasteiger partial charge in [-0.05, 0) is 71.1 Å². The van der Waals surface area contributed by atoms with E-state index >= 15 is 0 Å². The van der Waals surface area contributed by atoms with E-state index in [0.717, 1.165) is 12.5 Å². The number of nitrogens with zero attached hydrogens (tertiary/aromatic N) is 1. The van der Waals surface area contributed by atoms with Gasteiger partial charge >= 0.3 is 0 Å². The summed E-state index contributed by atoms with van der Waals surface area (Å²) in [6, 6.07) is 0. The molecule has 1 unspecified atom stereocenters. The van der Waals surface area contributed by atoms with Crippen molar-refractivity contribution in [3.05, 3.63) is 0 Å². The predicted octanol–water partition coefficient (Wildman–Crippen LogP) is 2.41. The number of nitrogens with one attached hydrogen (secondary N) is 1. The highest BCUT2D eigenvalue weighted by Gasteiger charge is 2.41. The molecule has 2 heterocycles. The average Bonchev–Trinajstić information content (AvgIpc) is 3.03. The summed E-state index contributed by atoms with van der Waals surface area (Å²) in [7, 11) is 2.23. The standard InChI is InChI=1S/C16H30N2O/c1-18-10-5-14(6-11-18)12-17-13-15-4-9-16(19-15)7-2-3-8-16/h14-15,17H,2-13H2,1H3. The zero-order valence-electron chi connectivity index (χ0n) is 12.5. The van der Waals surface area contributed by atoms with Crippen molar-refractivity contribution < 1.29 is 4.74 Å². The minimum Gasteiger partial charge on any atom is -0.370 e. The molecular formula is C16H30N2O. The Kier molecular flexibility index (Phi) is 4.45. The SMILES string of the molecule is CN1CCC(CNCC2CCC3(CCCC3)O2)CC1. The van der Waals surface area contributed by atoms with E-state index in [-0.39, 0.29) is 0 Å². The molecule has 3 rings (SSSR count). The molecule has 0 bridgehead atoms. The minimum atomic E-state index is 0.305. The summed E-state index contributed by atoms with van der Waals surface area (Å²) in [5, 5.41) is 3.67. The Labute approximate surface area is 118 Å². The Morgan fingerprint density at radius 2 is 1.79 bits per heavy atom. The van der Waals surface area contributed by atoms with Crippen molar-refractivity contribution in [3.8, 4) is 0 Å². The van der Waals surface area contributed by atoms with Gasteiger partial charge in [0.1, 0.15) is 0 Å². The average molecular weight is 266 g/mol. The van der Waals surface area contributed by atoms with Crippen molar-refractivity contribution in [1.29, 1.82) is 0 Å². The second kappa shape index (κ2) is 6.11. The lowest BCUT2D eigenvalue weighted by atomic mass is 9.97. The summed E-state index contributed by atoms with van der Waals surface area (Å²) in [6.45, 7) is 4.82. The van der Waals surface area contributed by atoms with Crippen LogP contribution >= 0.6 is 0 Å². The zero-order valence-corrected chi connectivity index (χ0v) is 12.5. The van der Waals surface area contributed by atoms with Crippen molar-refractivity contribution in [2.45, 2.75) is 63.1 Å². The van der Waals surface area contributed by atoms with Gasteiger partial charge in [-0.15, -0.1) is 0 Å². The number of rotatable bonds is 4. The van der Waals surface area contributed by atoms with Crippen LogP contribution in [0.5, 0.6) is 0 Å². The van der Waals surface area contributed by atoms with Gasteiger partial charge in [-0.3, -0.25) is 0 Å². The van der Waals surface area contributed by atoms with Crippen LogP contribution in [0.4, 0.5) is 0 Å². The number of ether oxygens (including phenoxy) is 1. The molecule has 0 radical (unpaired) electrons. The molecule has 0 aromatic heterocycles. The van der Waals surface area contributed by atoms with Crippen LogP contribution in [-0.2, 0) is 4.74 Å². The highest BCUT2D eigenvalue weighted by Crippen LogP contribution is 2.43. The quantitative estimate of drug-likeness (QED) is 0.846. The summed E-state index contributed by atoms with van der Waals surface area (Å²) >= 11 is 0. The maximum atomic E-state index is 6.35. The fourth-order valence-corrected chi connectivity index (χ4v) is 4.14. The largest absolute Gasteiger partial charge is 0.370 e. The molecule has 2 aliphatic heterocycles. The van der Waals surface area contributed by atoms with E-state index in [4.69, 9.17) is 4.74 Å². The zero-order chi connectivity index (χ0) is 13.1. The first-order valence-electron chi connectivity index (χ1n) is 8.33. The van der Waals surface area contributed by atoms with E-state index < -0.39 is 0 Å². The van der Waals surface area contributed by atoms with Crippen molar-refractivity contribution >= 4 is 0 Å². The van der Waals surface area contributed by atoms with E-state index in [1.54, 1.807) is 0 Å². The van der Waals surface area contributed by atoms with Crippen LogP contribution in [-0.4, -0.2) is 49.8 Å². The van der Waals surface area contributed by atoms with E-state index in [9.17, 15) is 0 Å². The number of hydrogen-bond acceptors (Lipinski definition) is 3. The molecule has 3 fully saturated rings. The van der Waals surface area contributed by atoms with Crippen molar-refractivity contribution in [2.24, 2.45) is 5.92 Å². The fraction of sp³-hybridized carbons (Fsp3) is 1.00. The van der Waals surface area contributed by atoms with Gasteiger partial charge in [0.25, 0.3) is 0 Å². The van der Waals surface area contributed by atoms with Crippen molar-refractivity contribution in [2.75, 3.05) is 33.2 Å². The van der Waals surface area contributed by atoms with E-state index in [1.165, 1.54) is 71.0 Å². The highest BCUT2D eigenvalue weighted by atomic mass is 16.5. The molecule has 1 atom stereocenters. The molecular weight excluding hydrogens is 236 g/mol. The Balaban J connectivity index is 1.33. The van der Waals surface area contributed by atoms with Gasteiger partial charge in [0.15, 0.2) is 0 Å². The topological polar surface area (TPSA) is 24.5 Å². The van der Waals surface area contributed by atoms with Gasteiger partial charge in [-0.2, -0.15) is 0 Å². The van der Waals surface area contributed by atoms with Crippen LogP contribution in [0.3, 0.4) is 0 Å². The molecule has 2 saturated heterocycles. The monoisotopic (exact) mass is 266 g/mol. The van der Waals surface area contributed by atoms with Gasteiger partial charge in [0.05, 0.1) is 11.7 Å². The Morgan fingerprint density at radius 3 is 2.53 bits per heavy atom. The van der Waals surface area contributed by atoms with Crippen LogP contribution in [0.2, 0.25) is 0 Å². The lowest BCUT2D eigenvalue weighted by Gasteiger charge is -2.29. The van der Waals surface area contributed by atoms with Crippen LogP contribution < -0.4 is 5.32 Å². The Hall–Kier alpha value is -0.120. The molecule has 1 spiro atoms. The summed E-state index contributed by atoms with van der Waals surface area (Å²) in [4.78, 5) is 2.44. The van der Waals surface area contributed by atoms with Crippen LogP contribution in [0.1, 0.15) is 51.4 Å². The van der Waals surface area contributed by atoms with E-state index in [1.807, 2.05) is 0 Å². The molecule has 1 N–H and O–H groups in total. The Bertz CT molecular complexity index is 280. The number of hydrogen-bond donors (Lipinski definition) is 1. The molecule has 3 aliphatic rings. The van der Waals surface area contributed by atoms with E-state index in [0.29, 0.717) is 11.7 Å². The lowest BCUT2D eigenvalue weighted by molar-refractivity contribution is -0.0354. The summed E-state index contributed by atoms with van der Waals surface area (Å²) < 4.78 is 6.35. The lowest BCUT2D eigenvalue weighted by Crippen LogP contribution is -2.37. The van der Waals surface area contributed by atoms with Gasteiger partial charge in [-0.25, -0.2) is 0 Å². The highest BCUT2D eigenvalue weighted by molar-refractivity contribution is 4.93. The summed E-state index contributed by atoms with van der Waals surface area (Å²) in [6.07, 6.45) is 11.2. The first kappa shape index (κ1) is 13.8. The van der Waals surface area contributed by atoms with Crippen molar-refractivity contribution in [3.63, 3.8) is 0 Å². The molecule has 0 aromatic rings. The van der Waals surface area contributed by atoms with E-state index in [2.05, 4.69) is 17.3 Å². The second-order valence-corrected chi connectivity index (χ2v) is 7.07. The van der Waals surface area contributed by atoms with Gasteiger partial charge < -0.3 is 15.0 Å². The van der Waals surface area contributed by atoms with Gasteiger partial charge in [0.2, 0.25) is 0 Å². The van der Waals surface area contributed by atoms with Gasteiger partial charge in [-0.1, -0.05) is 12.8 Å². The third-order valence-electron chi connectivity index (χ3n) is 5.50. The molecule has 0 aromatic carbocycles. The first-order chi connectivity index (χ1) is 9.26. The normalized spacial score (nSPS) is 32.4. The molecule has 19 heavy (non-hydrogen) atoms. The molecule has 110 valence electrons. The number of piperidine rings is 1. The fourth-order valence-electron chi connectivity index (χ4n) is 4.14. The van der Waals surface area contributed by atoms with Crippen LogP contribution in [0.25, 0.3) is 0 Å². The number of likely N-dealkylation sites (tertiary alicyclic amines) is 1. The first-order valence-corrected chi connectivity index (χ1v) is 8.33. The third-order valence-corrected chi connectivity index (χ3v) is 5.50. The maximum absolute atomic E-state index is 6.35. The smallest absolute Gasteiger partial charge is 0.0708 e. The molecule has 3 heteroatoms. The maximum Gasteiger partial charge on any atom is 0.0708 e. The Morgan fingerprint density at radius 1 is 1.05 bits per heavy atom. The summed E-state index contributed by atoms with van der Waals surface area (Å²) in [5.41, 5.74) is 0.305. The van der Waals surface area contributed by atoms with Gasteiger partial charge in [0, 0.05) is 6.54 Å². The predicted molar refractivity (Wildman–Crippen MR) is 78.4 cm³/mol. The third kappa shape index (κ3) is 3.50. The van der Waals surface area contributed by atoms with Crippen LogP contribution in [0, 0.1) is 5.92 Å². The second-order valence-electron chi connectivity index (χ2n) is 7.07. The molecule has 3 nitrogen and oxygen atoms in total. The molecule has 1 saturated carbocycles.